The van der Waals surface area contributed by atoms with Crippen LogP contribution in [0.2, 0.25) is 0 Å². The van der Waals surface area contributed by atoms with Gasteiger partial charge in [0, 0.05) is 36.4 Å². The highest BCUT2D eigenvalue weighted by Gasteiger charge is 2.27. The molecular weight excluding hydrogens is 376 g/mol. The smallest absolute Gasteiger partial charge is 0.162 e. The van der Waals surface area contributed by atoms with Crippen molar-refractivity contribution < 1.29 is 18.3 Å². The number of anilines is 1. The quantitative estimate of drug-likeness (QED) is 0.667. The molecule has 0 radical (unpaired) electrons. The summed E-state index contributed by atoms with van der Waals surface area (Å²) in [4.78, 5) is 6.54. The van der Waals surface area contributed by atoms with Crippen LogP contribution < -0.4 is 9.64 Å². The van der Waals surface area contributed by atoms with Gasteiger partial charge in [-0.3, -0.25) is 4.98 Å². The first-order valence-corrected chi connectivity index (χ1v) is 9.31. The zero-order valence-corrected chi connectivity index (χ0v) is 15.8. The van der Waals surface area contributed by atoms with Gasteiger partial charge < -0.3 is 14.4 Å². The molecule has 0 unspecified atom stereocenters. The molecule has 0 aliphatic carbocycles. The second kappa shape index (κ2) is 8.02. The summed E-state index contributed by atoms with van der Waals surface area (Å²) < 4.78 is 38.0. The van der Waals surface area contributed by atoms with E-state index in [1.807, 2.05) is 25.1 Å². The van der Waals surface area contributed by atoms with Gasteiger partial charge in [0.2, 0.25) is 0 Å². The summed E-state index contributed by atoms with van der Waals surface area (Å²) in [6, 6.07) is 13.1. The molecule has 0 spiro atoms. The molecule has 0 N–H and O–H groups in total. The van der Waals surface area contributed by atoms with Crippen molar-refractivity contribution in [2.75, 3.05) is 24.6 Å². The number of aromatic nitrogens is 1. The van der Waals surface area contributed by atoms with Gasteiger partial charge in [-0.2, -0.15) is 5.26 Å². The summed E-state index contributed by atoms with van der Waals surface area (Å²) in [5, 5.41) is 10.2. The summed E-state index contributed by atoms with van der Waals surface area (Å²) in [6.45, 7) is 3.42. The Hall–Kier alpha value is -3.24. The van der Waals surface area contributed by atoms with Gasteiger partial charge in [-0.05, 0) is 43.3 Å². The van der Waals surface area contributed by atoms with Crippen LogP contribution in [0, 0.1) is 23.0 Å². The molecule has 1 fully saturated rings. The molecule has 7 heteroatoms. The molecule has 4 rings (SSSR count). The maximum Gasteiger partial charge on any atom is 0.162 e. The van der Waals surface area contributed by atoms with E-state index in [-0.39, 0.29) is 24.6 Å². The number of ether oxygens (including phenoxy) is 2. The third-order valence-corrected chi connectivity index (χ3v) is 4.86. The van der Waals surface area contributed by atoms with Crippen LogP contribution in [0.15, 0.2) is 48.7 Å². The van der Waals surface area contributed by atoms with Crippen LogP contribution in [0.5, 0.6) is 5.75 Å². The number of rotatable bonds is 4. The number of halogens is 2. The van der Waals surface area contributed by atoms with Crippen molar-refractivity contribution in [3.05, 3.63) is 65.9 Å². The third-order valence-electron chi connectivity index (χ3n) is 4.86. The topological polar surface area (TPSA) is 58.4 Å². The number of morpholine rings is 1. The van der Waals surface area contributed by atoms with E-state index in [9.17, 15) is 14.0 Å². The Kier molecular flexibility index (Phi) is 5.28. The van der Waals surface area contributed by atoms with Gasteiger partial charge in [0.15, 0.2) is 11.6 Å². The molecule has 0 bridgehead atoms. The molecule has 3 aromatic rings. The lowest BCUT2D eigenvalue weighted by atomic mass is 10.1. The predicted molar refractivity (Wildman–Crippen MR) is 105 cm³/mol. The molecule has 1 saturated heterocycles. The highest BCUT2D eigenvalue weighted by Crippen LogP contribution is 2.30. The number of nitriles is 1. The molecule has 29 heavy (non-hydrogen) atoms. The fraction of sp³-hybridized carbons (Fsp3) is 0.273. The van der Waals surface area contributed by atoms with Crippen molar-refractivity contribution in [1.29, 1.82) is 5.26 Å². The van der Waals surface area contributed by atoms with E-state index in [1.165, 1.54) is 6.07 Å². The van der Waals surface area contributed by atoms with Crippen LogP contribution in [0.4, 0.5) is 14.5 Å². The summed E-state index contributed by atoms with van der Waals surface area (Å²) in [7, 11) is 0. The third kappa shape index (κ3) is 3.98. The van der Waals surface area contributed by atoms with Crippen molar-refractivity contribution in [1.82, 2.24) is 4.98 Å². The zero-order valence-electron chi connectivity index (χ0n) is 15.8. The second-order valence-electron chi connectivity index (χ2n) is 7.00. The lowest BCUT2D eigenvalue weighted by Gasteiger charge is -2.38. The van der Waals surface area contributed by atoms with E-state index < -0.39 is 11.6 Å². The van der Waals surface area contributed by atoms with Crippen LogP contribution in [0.1, 0.15) is 12.5 Å². The number of hydrogen-bond acceptors (Lipinski definition) is 5. The van der Waals surface area contributed by atoms with Crippen LogP contribution >= 0.6 is 0 Å². The minimum Gasteiger partial charge on any atom is -0.491 e. The minimum absolute atomic E-state index is 0.0512. The molecule has 0 amide bonds. The van der Waals surface area contributed by atoms with Crippen LogP contribution in [0.3, 0.4) is 0 Å². The van der Waals surface area contributed by atoms with E-state index >= 15 is 0 Å². The molecule has 2 aromatic carbocycles. The van der Waals surface area contributed by atoms with E-state index in [0.717, 1.165) is 23.2 Å². The summed E-state index contributed by atoms with van der Waals surface area (Å²) >= 11 is 0. The van der Waals surface area contributed by atoms with Crippen LogP contribution in [0.25, 0.3) is 10.9 Å². The fourth-order valence-electron chi connectivity index (χ4n) is 3.61. The van der Waals surface area contributed by atoms with Gasteiger partial charge in [-0.15, -0.1) is 0 Å². The molecular formula is C22H19F2N3O2. The van der Waals surface area contributed by atoms with Gasteiger partial charge >= 0.3 is 0 Å². The molecule has 1 aliphatic rings. The van der Waals surface area contributed by atoms with Crippen molar-refractivity contribution >= 4 is 16.6 Å². The minimum atomic E-state index is -0.946. The highest BCUT2D eigenvalue weighted by atomic mass is 19.2. The van der Waals surface area contributed by atoms with Crippen molar-refractivity contribution in [3.8, 4) is 11.8 Å². The maximum absolute atomic E-state index is 13.4. The van der Waals surface area contributed by atoms with E-state index in [0.29, 0.717) is 24.2 Å². The highest BCUT2D eigenvalue weighted by molar-refractivity contribution is 5.95. The second-order valence-corrected chi connectivity index (χ2v) is 7.00. The summed E-state index contributed by atoms with van der Waals surface area (Å²) in [5.41, 5.74) is 2.17. The Bertz CT molecular complexity index is 1080. The van der Waals surface area contributed by atoms with Gasteiger partial charge in [0.25, 0.3) is 0 Å². The molecule has 1 aliphatic heterocycles. The van der Waals surface area contributed by atoms with E-state index in [4.69, 9.17) is 9.47 Å². The SMILES string of the molecule is C[C@@H]1CN(c2ccc(C#N)c3ncccc23)C[C@H](COc2ccc(F)c(F)c2)O1. The number of pyridine rings is 1. The number of fused-ring (bicyclic) bond motifs is 1. The summed E-state index contributed by atoms with van der Waals surface area (Å²) in [6.07, 6.45) is 1.37. The molecule has 1 aromatic heterocycles. The Morgan fingerprint density at radius 3 is 2.86 bits per heavy atom. The summed E-state index contributed by atoms with van der Waals surface area (Å²) in [5.74, 6) is -1.60. The van der Waals surface area contributed by atoms with Crippen molar-refractivity contribution in [3.63, 3.8) is 0 Å². The average Bonchev–Trinajstić information content (AvgIpc) is 2.73. The average molecular weight is 395 g/mol. The Labute approximate surface area is 167 Å². The van der Waals surface area contributed by atoms with Gasteiger partial charge in [-0.1, -0.05) is 0 Å². The predicted octanol–water partition coefficient (Wildman–Crippen LogP) is 4.06. The maximum atomic E-state index is 13.4. The van der Waals surface area contributed by atoms with Crippen LogP contribution in [-0.4, -0.2) is 36.9 Å². The fourth-order valence-corrected chi connectivity index (χ4v) is 3.61. The Morgan fingerprint density at radius 2 is 2.07 bits per heavy atom. The Morgan fingerprint density at radius 1 is 1.21 bits per heavy atom. The first kappa shape index (κ1) is 19.1. The van der Waals surface area contributed by atoms with Gasteiger partial charge in [0.05, 0.1) is 17.2 Å². The Balaban J connectivity index is 1.54. The van der Waals surface area contributed by atoms with Crippen LogP contribution in [-0.2, 0) is 4.74 Å². The van der Waals surface area contributed by atoms with Gasteiger partial charge in [0.1, 0.15) is 24.5 Å². The molecule has 148 valence electrons. The van der Waals surface area contributed by atoms with E-state index in [1.54, 1.807) is 12.3 Å². The zero-order chi connectivity index (χ0) is 20.4. The number of hydrogen-bond donors (Lipinski definition) is 0. The van der Waals surface area contributed by atoms with E-state index in [2.05, 4.69) is 16.0 Å². The van der Waals surface area contributed by atoms with Crippen molar-refractivity contribution in [2.24, 2.45) is 0 Å². The number of benzene rings is 2. The lowest BCUT2D eigenvalue weighted by molar-refractivity contribution is -0.0370. The number of nitrogens with zero attached hydrogens (tertiary/aromatic N) is 3. The molecule has 0 saturated carbocycles. The standard InChI is InChI=1S/C22H19F2N3O2/c1-14-11-27(21-7-4-15(10-25)22-18(21)3-2-8-26-22)12-17(29-14)13-28-16-5-6-19(23)20(24)9-16/h2-9,14,17H,11-13H2,1H3/t14-,17-/m1/s1. The first-order chi connectivity index (χ1) is 14.0. The monoisotopic (exact) mass is 395 g/mol. The first-order valence-electron chi connectivity index (χ1n) is 9.31. The van der Waals surface area contributed by atoms with Crippen molar-refractivity contribution in [2.45, 2.75) is 19.1 Å². The molecule has 5 nitrogen and oxygen atoms in total. The normalized spacial score (nSPS) is 19.2. The molecule has 2 heterocycles. The lowest BCUT2D eigenvalue weighted by Crippen LogP contribution is -2.49. The molecule has 2 atom stereocenters. The van der Waals surface area contributed by atoms with Gasteiger partial charge in [-0.25, -0.2) is 8.78 Å². The largest absolute Gasteiger partial charge is 0.491 e.